The molecular weight excluding hydrogens is 198 g/mol. The maximum atomic E-state index is 11.0. The number of esters is 1. The van der Waals surface area contributed by atoms with Crippen molar-refractivity contribution in [2.24, 2.45) is 0 Å². The van der Waals surface area contributed by atoms with Gasteiger partial charge in [0.05, 0.1) is 12.9 Å². The van der Waals surface area contributed by atoms with E-state index in [1.54, 1.807) is 11.8 Å². The molecule has 82 valence electrons. The lowest BCUT2D eigenvalue weighted by molar-refractivity contribution is -0.137. The van der Waals surface area contributed by atoms with E-state index in [2.05, 4.69) is 17.0 Å². The van der Waals surface area contributed by atoms with E-state index in [4.69, 9.17) is 0 Å². The molecule has 2 unspecified atom stereocenters. The Balaban J connectivity index is 2.25. The topological polar surface area (TPSA) is 38.3 Å². The van der Waals surface area contributed by atoms with Crippen LogP contribution in [-0.2, 0) is 9.53 Å². The molecule has 14 heavy (non-hydrogen) atoms. The summed E-state index contributed by atoms with van der Waals surface area (Å²) in [6, 6.07) is 0.592. The first-order valence-electron chi connectivity index (χ1n) is 5.19. The summed E-state index contributed by atoms with van der Waals surface area (Å²) in [5, 5.41) is 4.06. The van der Waals surface area contributed by atoms with E-state index in [0.29, 0.717) is 17.0 Å². The SMILES string of the molecule is CCNC1CCCC1SCC(=O)OC. The van der Waals surface area contributed by atoms with Crippen LogP contribution in [0.4, 0.5) is 0 Å². The second-order valence-electron chi connectivity index (χ2n) is 3.52. The number of rotatable bonds is 5. The minimum Gasteiger partial charge on any atom is -0.468 e. The standard InChI is InChI=1S/C10H19NO2S/c1-3-11-8-5-4-6-9(8)14-7-10(12)13-2/h8-9,11H,3-7H2,1-2H3. The zero-order valence-electron chi connectivity index (χ0n) is 8.91. The van der Waals surface area contributed by atoms with Gasteiger partial charge in [0.2, 0.25) is 0 Å². The number of hydrogen-bond acceptors (Lipinski definition) is 4. The van der Waals surface area contributed by atoms with Crippen molar-refractivity contribution in [1.29, 1.82) is 0 Å². The molecule has 4 heteroatoms. The number of methoxy groups -OCH3 is 1. The zero-order chi connectivity index (χ0) is 10.4. The molecule has 1 aliphatic carbocycles. The van der Waals surface area contributed by atoms with Crippen LogP contribution in [0.25, 0.3) is 0 Å². The summed E-state index contributed by atoms with van der Waals surface area (Å²) in [5.74, 6) is 0.375. The lowest BCUT2D eigenvalue weighted by Crippen LogP contribution is -2.34. The van der Waals surface area contributed by atoms with Gasteiger partial charge in [-0.3, -0.25) is 4.79 Å². The normalized spacial score (nSPS) is 26.4. The van der Waals surface area contributed by atoms with Gasteiger partial charge in [-0.2, -0.15) is 0 Å². The highest BCUT2D eigenvalue weighted by molar-refractivity contribution is 8.00. The highest BCUT2D eigenvalue weighted by Crippen LogP contribution is 2.29. The molecule has 0 radical (unpaired) electrons. The van der Waals surface area contributed by atoms with Crippen LogP contribution in [0.2, 0.25) is 0 Å². The molecule has 3 nitrogen and oxygen atoms in total. The van der Waals surface area contributed by atoms with E-state index in [9.17, 15) is 4.79 Å². The number of thioether (sulfide) groups is 1. The fraction of sp³-hybridized carbons (Fsp3) is 0.900. The Morgan fingerprint density at radius 3 is 3.00 bits per heavy atom. The Hall–Kier alpha value is -0.220. The molecular formula is C10H19NO2S. The predicted octanol–water partition coefficient (Wildman–Crippen LogP) is 1.42. The molecule has 0 heterocycles. The van der Waals surface area contributed by atoms with Crippen LogP contribution in [0.5, 0.6) is 0 Å². The van der Waals surface area contributed by atoms with Crippen molar-refractivity contribution in [3.63, 3.8) is 0 Å². The Bertz CT molecular complexity index is 187. The van der Waals surface area contributed by atoms with Gasteiger partial charge in [0.15, 0.2) is 0 Å². The van der Waals surface area contributed by atoms with Crippen LogP contribution >= 0.6 is 11.8 Å². The minimum absolute atomic E-state index is 0.114. The zero-order valence-corrected chi connectivity index (χ0v) is 9.73. The molecule has 0 aliphatic heterocycles. The summed E-state index contributed by atoms with van der Waals surface area (Å²) in [4.78, 5) is 11.0. The molecule has 0 spiro atoms. The first-order valence-corrected chi connectivity index (χ1v) is 6.24. The average Bonchev–Trinajstić information content (AvgIpc) is 2.62. The monoisotopic (exact) mass is 217 g/mol. The van der Waals surface area contributed by atoms with E-state index in [1.165, 1.54) is 26.4 Å². The minimum atomic E-state index is -0.114. The first-order chi connectivity index (χ1) is 6.77. The second kappa shape index (κ2) is 6.30. The van der Waals surface area contributed by atoms with Crippen molar-refractivity contribution in [3.8, 4) is 0 Å². The Labute approximate surface area is 90.0 Å². The fourth-order valence-corrected chi connectivity index (χ4v) is 3.12. The smallest absolute Gasteiger partial charge is 0.315 e. The van der Waals surface area contributed by atoms with E-state index in [0.717, 1.165) is 6.54 Å². The molecule has 1 saturated carbocycles. The van der Waals surface area contributed by atoms with E-state index >= 15 is 0 Å². The average molecular weight is 217 g/mol. The van der Waals surface area contributed by atoms with E-state index in [1.807, 2.05) is 0 Å². The third-order valence-electron chi connectivity index (χ3n) is 2.56. The van der Waals surface area contributed by atoms with Gasteiger partial charge in [0, 0.05) is 11.3 Å². The number of carbonyl (C=O) groups is 1. The molecule has 0 bridgehead atoms. The van der Waals surface area contributed by atoms with Crippen LogP contribution in [-0.4, -0.2) is 36.7 Å². The Morgan fingerprint density at radius 1 is 1.57 bits per heavy atom. The van der Waals surface area contributed by atoms with Gasteiger partial charge in [0.25, 0.3) is 0 Å². The number of carbonyl (C=O) groups excluding carboxylic acids is 1. The number of ether oxygens (including phenoxy) is 1. The van der Waals surface area contributed by atoms with Gasteiger partial charge in [-0.25, -0.2) is 0 Å². The van der Waals surface area contributed by atoms with Crippen LogP contribution in [0.1, 0.15) is 26.2 Å². The van der Waals surface area contributed by atoms with Gasteiger partial charge in [-0.05, 0) is 19.4 Å². The van der Waals surface area contributed by atoms with Crippen molar-refractivity contribution in [2.45, 2.75) is 37.5 Å². The Morgan fingerprint density at radius 2 is 2.36 bits per heavy atom. The van der Waals surface area contributed by atoms with Gasteiger partial charge >= 0.3 is 5.97 Å². The van der Waals surface area contributed by atoms with E-state index in [-0.39, 0.29) is 5.97 Å². The maximum Gasteiger partial charge on any atom is 0.315 e. The third kappa shape index (κ3) is 3.50. The molecule has 1 aliphatic rings. The van der Waals surface area contributed by atoms with Crippen LogP contribution in [0.3, 0.4) is 0 Å². The number of nitrogens with one attached hydrogen (secondary N) is 1. The van der Waals surface area contributed by atoms with Gasteiger partial charge < -0.3 is 10.1 Å². The summed E-state index contributed by atoms with van der Waals surface area (Å²) in [6.45, 7) is 3.14. The van der Waals surface area contributed by atoms with Crippen LogP contribution in [0, 0.1) is 0 Å². The summed E-state index contributed by atoms with van der Waals surface area (Å²) in [6.07, 6.45) is 3.74. The van der Waals surface area contributed by atoms with E-state index < -0.39 is 0 Å². The quantitative estimate of drug-likeness (QED) is 0.707. The highest BCUT2D eigenvalue weighted by Gasteiger charge is 2.27. The second-order valence-corrected chi connectivity index (χ2v) is 4.75. The van der Waals surface area contributed by atoms with Crippen molar-refractivity contribution in [1.82, 2.24) is 5.32 Å². The van der Waals surface area contributed by atoms with Crippen LogP contribution in [0.15, 0.2) is 0 Å². The summed E-state index contributed by atoms with van der Waals surface area (Å²) < 4.78 is 4.63. The van der Waals surface area contributed by atoms with Gasteiger partial charge in [-0.15, -0.1) is 11.8 Å². The van der Waals surface area contributed by atoms with Crippen molar-refractivity contribution >= 4 is 17.7 Å². The lowest BCUT2D eigenvalue weighted by atomic mass is 10.2. The molecule has 2 atom stereocenters. The molecule has 1 N–H and O–H groups in total. The van der Waals surface area contributed by atoms with Gasteiger partial charge in [0.1, 0.15) is 0 Å². The largest absolute Gasteiger partial charge is 0.468 e. The number of hydrogen-bond donors (Lipinski definition) is 1. The lowest BCUT2D eigenvalue weighted by Gasteiger charge is -2.19. The highest BCUT2D eigenvalue weighted by atomic mass is 32.2. The predicted molar refractivity (Wildman–Crippen MR) is 59.6 cm³/mol. The summed E-state index contributed by atoms with van der Waals surface area (Å²) >= 11 is 1.73. The molecule has 1 fully saturated rings. The van der Waals surface area contributed by atoms with Crippen molar-refractivity contribution < 1.29 is 9.53 Å². The van der Waals surface area contributed by atoms with Crippen LogP contribution < -0.4 is 5.32 Å². The molecule has 0 amide bonds. The van der Waals surface area contributed by atoms with Crippen molar-refractivity contribution in [3.05, 3.63) is 0 Å². The Kier molecular flexibility index (Phi) is 5.33. The van der Waals surface area contributed by atoms with Gasteiger partial charge in [-0.1, -0.05) is 13.3 Å². The molecule has 0 aromatic heterocycles. The van der Waals surface area contributed by atoms with Crippen molar-refractivity contribution in [2.75, 3.05) is 19.4 Å². The molecule has 0 aromatic rings. The summed E-state index contributed by atoms with van der Waals surface area (Å²) in [7, 11) is 1.44. The maximum absolute atomic E-state index is 11.0. The first kappa shape index (κ1) is 11.9. The summed E-state index contributed by atoms with van der Waals surface area (Å²) in [5.41, 5.74) is 0. The molecule has 1 rings (SSSR count). The molecule has 0 saturated heterocycles. The fourth-order valence-electron chi connectivity index (χ4n) is 1.86. The third-order valence-corrected chi connectivity index (χ3v) is 3.96. The molecule has 0 aromatic carbocycles.